The molecule has 1 heteroatoms. The van der Waals surface area contributed by atoms with E-state index in [9.17, 15) is 0 Å². The number of hydrogen-bond donors (Lipinski definition) is 0. The van der Waals surface area contributed by atoms with E-state index in [0.717, 1.165) is 24.4 Å². The summed E-state index contributed by atoms with van der Waals surface area (Å²) >= 11 is 0. The lowest BCUT2D eigenvalue weighted by molar-refractivity contribution is -0.0122. The van der Waals surface area contributed by atoms with Gasteiger partial charge in [-0.25, -0.2) is 0 Å². The van der Waals surface area contributed by atoms with E-state index in [0.29, 0.717) is 0 Å². The molecular formula is C14H24O. The summed E-state index contributed by atoms with van der Waals surface area (Å²) in [6, 6.07) is 0. The Morgan fingerprint density at radius 3 is 2.07 bits per heavy atom. The van der Waals surface area contributed by atoms with Crippen molar-refractivity contribution in [2.45, 2.75) is 52.1 Å². The van der Waals surface area contributed by atoms with Crippen LogP contribution < -0.4 is 0 Å². The molecule has 2 rings (SSSR count). The lowest BCUT2D eigenvalue weighted by Crippen LogP contribution is -2.21. The van der Waals surface area contributed by atoms with Crippen LogP contribution in [0.4, 0.5) is 0 Å². The van der Waals surface area contributed by atoms with Crippen LogP contribution in [0.1, 0.15) is 46.5 Å². The summed E-state index contributed by atoms with van der Waals surface area (Å²) in [6.45, 7) is 7.44. The maximum atomic E-state index is 5.91. The monoisotopic (exact) mass is 208 g/mol. The van der Waals surface area contributed by atoms with Crippen LogP contribution in [-0.2, 0) is 4.74 Å². The fourth-order valence-electron chi connectivity index (χ4n) is 2.79. The van der Waals surface area contributed by atoms with E-state index >= 15 is 0 Å². The second kappa shape index (κ2) is 4.29. The first-order chi connectivity index (χ1) is 7.08. The molecule has 2 atom stereocenters. The van der Waals surface area contributed by atoms with Crippen molar-refractivity contribution in [2.24, 2.45) is 17.8 Å². The normalized spacial score (nSPS) is 37.7. The van der Waals surface area contributed by atoms with Crippen LogP contribution in [0.5, 0.6) is 0 Å². The summed E-state index contributed by atoms with van der Waals surface area (Å²) < 4.78 is 5.91. The number of allylic oxidation sites excluding steroid dienone is 2. The SMILES string of the molecule is CC(C)(C)OCC1C2CC/C=C\CCC21. The van der Waals surface area contributed by atoms with E-state index < -0.39 is 0 Å². The van der Waals surface area contributed by atoms with Crippen molar-refractivity contribution in [1.82, 2.24) is 0 Å². The molecule has 0 N–H and O–H groups in total. The van der Waals surface area contributed by atoms with Gasteiger partial charge in [0.1, 0.15) is 0 Å². The Kier molecular flexibility index (Phi) is 3.20. The summed E-state index contributed by atoms with van der Waals surface area (Å²) in [7, 11) is 0. The molecule has 0 amide bonds. The van der Waals surface area contributed by atoms with Gasteiger partial charge in [0.2, 0.25) is 0 Å². The summed E-state index contributed by atoms with van der Waals surface area (Å²) in [5.41, 5.74) is 0.0378. The molecule has 0 radical (unpaired) electrons. The molecule has 2 unspecified atom stereocenters. The third kappa shape index (κ3) is 3.07. The second-order valence-electron chi connectivity index (χ2n) is 6.04. The Morgan fingerprint density at radius 2 is 1.60 bits per heavy atom. The molecular weight excluding hydrogens is 184 g/mol. The van der Waals surface area contributed by atoms with Crippen LogP contribution in [-0.4, -0.2) is 12.2 Å². The standard InChI is InChI=1S/C14H24O/c1-14(2,3)15-10-13-11-8-6-4-5-7-9-12(11)13/h4-5,11-13H,6-10H2,1-3H3/b5-4-. The van der Waals surface area contributed by atoms with Gasteiger partial charge < -0.3 is 4.74 Å². The average molecular weight is 208 g/mol. The minimum Gasteiger partial charge on any atom is -0.376 e. The highest BCUT2D eigenvalue weighted by molar-refractivity contribution is 5.01. The number of rotatable bonds is 2. The van der Waals surface area contributed by atoms with Gasteiger partial charge in [0.15, 0.2) is 0 Å². The van der Waals surface area contributed by atoms with E-state index in [4.69, 9.17) is 4.74 Å². The van der Waals surface area contributed by atoms with Gasteiger partial charge >= 0.3 is 0 Å². The van der Waals surface area contributed by atoms with Crippen molar-refractivity contribution >= 4 is 0 Å². The van der Waals surface area contributed by atoms with E-state index in [1.165, 1.54) is 25.7 Å². The lowest BCUT2D eigenvalue weighted by Gasteiger charge is -2.19. The second-order valence-corrected chi connectivity index (χ2v) is 6.04. The fraction of sp³-hybridized carbons (Fsp3) is 0.857. The molecule has 86 valence electrons. The van der Waals surface area contributed by atoms with Crippen molar-refractivity contribution in [2.75, 3.05) is 6.61 Å². The van der Waals surface area contributed by atoms with Gasteiger partial charge in [-0.15, -0.1) is 0 Å². The van der Waals surface area contributed by atoms with Crippen LogP contribution in [0.25, 0.3) is 0 Å². The summed E-state index contributed by atoms with van der Waals surface area (Å²) in [6.07, 6.45) is 10.1. The zero-order chi connectivity index (χ0) is 10.9. The molecule has 0 aliphatic heterocycles. The molecule has 2 aliphatic carbocycles. The molecule has 0 aromatic carbocycles. The highest BCUT2D eigenvalue weighted by Crippen LogP contribution is 2.53. The lowest BCUT2D eigenvalue weighted by atomic mass is 10.1. The molecule has 0 spiro atoms. The van der Waals surface area contributed by atoms with Crippen molar-refractivity contribution in [1.29, 1.82) is 0 Å². The molecule has 0 aromatic rings. The average Bonchev–Trinajstić information content (AvgIpc) is 2.71. The summed E-state index contributed by atoms with van der Waals surface area (Å²) in [5.74, 6) is 2.80. The van der Waals surface area contributed by atoms with Crippen LogP contribution in [0.2, 0.25) is 0 Å². The van der Waals surface area contributed by atoms with E-state index in [-0.39, 0.29) is 5.60 Å². The first-order valence-electron chi connectivity index (χ1n) is 6.37. The van der Waals surface area contributed by atoms with Crippen molar-refractivity contribution in [3.05, 3.63) is 12.2 Å². The smallest absolute Gasteiger partial charge is 0.0598 e. The predicted octanol–water partition coefficient (Wildman–Crippen LogP) is 3.79. The van der Waals surface area contributed by atoms with E-state index in [1.807, 2.05) is 0 Å². The highest BCUT2D eigenvalue weighted by atomic mass is 16.5. The number of fused-ring (bicyclic) bond motifs is 1. The van der Waals surface area contributed by atoms with Crippen LogP contribution in [0.3, 0.4) is 0 Å². The molecule has 0 bridgehead atoms. The molecule has 1 fully saturated rings. The molecule has 15 heavy (non-hydrogen) atoms. The number of hydrogen-bond acceptors (Lipinski definition) is 1. The zero-order valence-corrected chi connectivity index (χ0v) is 10.3. The maximum Gasteiger partial charge on any atom is 0.0598 e. The van der Waals surface area contributed by atoms with Crippen LogP contribution in [0.15, 0.2) is 12.2 Å². The maximum absolute atomic E-state index is 5.91. The van der Waals surface area contributed by atoms with Crippen molar-refractivity contribution in [3.63, 3.8) is 0 Å². The third-order valence-electron chi connectivity index (χ3n) is 3.72. The minimum absolute atomic E-state index is 0.0378. The van der Waals surface area contributed by atoms with Gasteiger partial charge in [0.25, 0.3) is 0 Å². The van der Waals surface area contributed by atoms with Gasteiger partial charge in [0.05, 0.1) is 12.2 Å². The Bertz CT molecular complexity index is 220. The predicted molar refractivity (Wildman–Crippen MR) is 63.8 cm³/mol. The highest BCUT2D eigenvalue weighted by Gasteiger charge is 2.48. The van der Waals surface area contributed by atoms with Gasteiger partial charge in [0, 0.05) is 0 Å². The largest absolute Gasteiger partial charge is 0.376 e. The van der Waals surface area contributed by atoms with Crippen LogP contribution in [0, 0.1) is 17.8 Å². The quantitative estimate of drug-likeness (QED) is 0.627. The van der Waals surface area contributed by atoms with E-state index in [1.54, 1.807) is 0 Å². The van der Waals surface area contributed by atoms with Crippen molar-refractivity contribution < 1.29 is 4.74 Å². The Morgan fingerprint density at radius 1 is 1.07 bits per heavy atom. The van der Waals surface area contributed by atoms with Gasteiger partial charge in [-0.05, 0) is 64.2 Å². The first-order valence-corrected chi connectivity index (χ1v) is 6.37. The Labute approximate surface area is 93.9 Å². The molecule has 0 saturated heterocycles. The molecule has 1 saturated carbocycles. The fourth-order valence-corrected chi connectivity index (χ4v) is 2.79. The molecule has 0 aromatic heterocycles. The summed E-state index contributed by atoms with van der Waals surface area (Å²) in [4.78, 5) is 0. The van der Waals surface area contributed by atoms with Crippen LogP contribution >= 0.6 is 0 Å². The van der Waals surface area contributed by atoms with Gasteiger partial charge in [-0.3, -0.25) is 0 Å². The number of ether oxygens (including phenoxy) is 1. The molecule has 2 aliphatic rings. The summed E-state index contributed by atoms with van der Waals surface area (Å²) in [5, 5.41) is 0. The Hall–Kier alpha value is -0.300. The van der Waals surface area contributed by atoms with Crippen molar-refractivity contribution in [3.8, 4) is 0 Å². The third-order valence-corrected chi connectivity index (χ3v) is 3.72. The van der Waals surface area contributed by atoms with Gasteiger partial charge in [-0.2, -0.15) is 0 Å². The minimum atomic E-state index is 0.0378. The Balaban J connectivity index is 1.77. The molecule has 1 nitrogen and oxygen atoms in total. The molecule has 0 heterocycles. The topological polar surface area (TPSA) is 9.23 Å². The zero-order valence-electron chi connectivity index (χ0n) is 10.3. The first kappa shape index (κ1) is 11.2. The van der Waals surface area contributed by atoms with Gasteiger partial charge in [-0.1, -0.05) is 12.2 Å². The van der Waals surface area contributed by atoms with E-state index in [2.05, 4.69) is 32.9 Å².